The Balaban J connectivity index is 1.61. The first-order valence-corrected chi connectivity index (χ1v) is 9.78. The van der Waals surface area contributed by atoms with E-state index in [1.807, 2.05) is 36.4 Å². The van der Waals surface area contributed by atoms with Crippen LogP contribution in [0.15, 0.2) is 53.0 Å². The third-order valence-electron chi connectivity index (χ3n) is 4.65. The molecule has 1 saturated heterocycles. The normalized spacial score (nSPS) is 16.1. The number of carbonyl (C=O) groups excluding carboxylic acids is 1. The highest BCUT2D eigenvalue weighted by Crippen LogP contribution is 2.35. The van der Waals surface area contributed by atoms with Gasteiger partial charge in [-0.15, -0.1) is 0 Å². The summed E-state index contributed by atoms with van der Waals surface area (Å²) >= 11 is 9.31. The largest absolute Gasteiger partial charge is 0.492 e. The van der Waals surface area contributed by atoms with Crippen LogP contribution < -0.4 is 10.1 Å². The Morgan fingerprint density at radius 1 is 1.12 bits per heavy atom. The van der Waals surface area contributed by atoms with Crippen molar-refractivity contribution < 1.29 is 14.3 Å². The van der Waals surface area contributed by atoms with E-state index in [0.29, 0.717) is 44.2 Å². The van der Waals surface area contributed by atoms with E-state index in [0.717, 1.165) is 15.8 Å². The second-order valence-corrected chi connectivity index (χ2v) is 7.61. The zero-order chi connectivity index (χ0) is 18.4. The van der Waals surface area contributed by atoms with Gasteiger partial charge in [-0.1, -0.05) is 39.7 Å². The summed E-state index contributed by atoms with van der Waals surface area (Å²) in [6.07, 6.45) is 1.36. The van der Waals surface area contributed by atoms with Crippen molar-refractivity contribution in [2.45, 2.75) is 18.3 Å². The summed E-state index contributed by atoms with van der Waals surface area (Å²) in [7, 11) is 0. The number of hydrogen-bond acceptors (Lipinski definition) is 3. The molecule has 1 heterocycles. The van der Waals surface area contributed by atoms with Gasteiger partial charge in [-0.2, -0.15) is 0 Å². The van der Waals surface area contributed by atoms with Crippen molar-refractivity contribution in [1.29, 1.82) is 0 Å². The van der Waals surface area contributed by atoms with Gasteiger partial charge >= 0.3 is 0 Å². The van der Waals surface area contributed by atoms with E-state index in [1.165, 1.54) is 0 Å². The summed E-state index contributed by atoms with van der Waals surface area (Å²) in [5.74, 6) is 0.764. The maximum Gasteiger partial charge on any atom is 0.230 e. The molecule has 0 aromatic heterocycles. The molecule has 0 aliphatic carbocycles. The lowest BCUT2D eigenvalue weighted by Crippen LogP contribution is -2.48. The Morgan fingerprint density at radius 2 is 1.77 bits per heavy atom. The summed E-state index contributed by atoms with van der Waals surface area (Å²) in [6.45, 7) is 2.02. The van der Waals surface area contributed by atoms with Gasteiger partial charge in [0.15, 0.2) is 0 Å². The van der Waals surface area contributed by atoms with Gasteiger partial charge in [-0.3, -0.25) is 4.79 Å². The zero-order valence-electron chi connectivity index (χ0n) is 14.3. The van der Waals surface area contributed by atoms with E-state index >= 15 is 0 Å². The molecule has 2 aromatic carbocycles. The molecule has 2 aromatic rings. The number of rotatable bonds is 6. The fourth-order valence-electron chi connectivity index (χ4n) is 3.17. The van der Waals surface area contributed by atoms with Crippen molar-refractivity contribution in [1.82, 2.24) is 5.32 Å². The summed E-state index contributed by atoms with van der Waals surface area (Å²) in [6, 6.07) is 15.2. The van der Waals surface area contributed by atoms with Crippen LogP contribution in [0.5, 0.6) is 5.75 Å². The second kappa shape index (κ2) is 8.89. The van der Waals surface area contributed by atoms with Crippen molar-refractivity contribution >= 4 is 33.4 Å². The number of halogens is 2. The van der Waals surface area contributed by atoms with Crippen LogP contribution in [0.4, 0.5) is 0 Å². The quantitative estimate of drug-likeness (QED) is 0.682. The Morgan fingerprint density at radius 3 is 2.42 bits per heavy atom. The molecule has 0 radical (unpaired) electrons. The third-order valence-corrected chi connectivity index (χ3v) is 5.43. The number of ether oxygens (including phenoxy) is 2. The van der Waals surface area contributed by atoms with Gasteiger partial charge < -0.3 is 14.8 Å². The van der Waals surface area contributed by atoms with E-state index in [1.54, 1.807) is 12.1 Å². The molecule has 3 rings (SSSR count). The van der Waals surface area contributed by atoms with Gasteiger partial charge in [0.25, 0.3) is 0 Å². The summed E-state index contributed by atoms with van der Waals surface area (Å²) in [5, 5.41) is 3.70. The predicted molar refractivity (Wildman–Crippen MR) is 106 cm³/mol. The highest BCUT2D eigenvalue weighted by molar-refractivity contribution is 9.10. The molecule has 0 bridgehead atoms. The van der Waals surface area contributed by atoms with Gasteiger partial charge in [0, 0.05) is 22.7 Å². The molecular weight excluding hydrogens is 418 g/mol. The topological polar surface area (TPSA) is 47.6 Å². The number of hydrogen-bond donors (Lipinski definition) is 1. The minimum Gasteiger partial charge on any atom is -0.492 e. The van der Waals surface area contributed by atoms with Gasteiger partial charge in [-0.05, 0) is 54.8 Å². The van der Waals surface area contributed by atoms with Crippen molar-refractivity contribution in [3.8, 4) is 5.75 Å². The fourth-order valence-corrected chi connectivity index (χ4v) is 3.56. The fraction of sp³-hybridized carbons (Fsp3) is 0.350. The Hall–Kier alpha value is -1.56. The van der Waals surface area contributed by atoms with Crippen LogP contribution in [0.1, 0.15) is 18.4 Å². The maximum absolute atomic E-state index is 13.0. The zero-order valence-corrected chi connectivity index (χ0v) is 16.7. The smallest absolute Gasteiger partial charge is 0.230 e. The van der Waals surface area contributed by atoms with Crippen molar-refractivity contribution in [3.05, 3.63) is 63.6 Å². The standard InChI is InChI=1S/C20H21BrClNO3/c21-16-3-1-15(2-4-16)20(9-12-25-13-10-20)19(24)23-11-14-26-18-7-5-17(22)6-8-18/h1-8H,9-14H2,(H,23,24). The van der Waals surface area contributed by atoms with E-state index in [4.69, 9.17) is 21.1 Å². The van der Waals surface area contributed by atoms with E-state index < -0.39 is 5.41 Å². The molecular formula is C20H21BrClNO3. The Labute approximate surface area is 167 Å². The molecule has 1 fully saturated rings. The van der Waals surface area contributed by atoms with E-state index in [-0.39, 0.29) is 5.91 Å². The maximum atomic E-state index is 13.0. The lowest BCUT2D eigenvalue weighted by molar-refractivity contribution is -0.130. The highest BCUT2D eigenvalue weighted by Gasteiger charge is 2.41. The molecule has 1 N–H and O–H groups in total. The number of benzene rings is 2. The summed E-state index contributed by atoms with van der Waals surface area (Å²) < 4.78 is 12.1. The minimum absolute atomic E-state index is 0.0304. The number of amides is 1. The lowest BCUT2D eigenvalue weighted by atomic mass is 9.73. The Kier molecular flexibility index (Phi) is 6.57. The molecule has 138 valence electrons. The molecule has 4 nitrogen and oxygen atoms in total. The first-order chi connectivity index (χ1) is 12.6. The van der Waals surface area contributed by atoms with Crippen LogP contribution in [0.25, 0.3) is 0 Å². The monoisotopic (exact) mass is 437 g/mol. The van der Waals surface area contributed by atoms with Crippen LogP contribution in [0, 0.1) is 0 Å². The van der Waals surface area contributed by atoms with Crippen molar-refractivity contribution in [3.63, 3.8) is 0 Å². The van der Waals surface area contributed by atoms with E-state index in [9.17, 15) is 4.79 Å². The van der Waals surface area contributed by atoms with Crippen LogP contribution in [-0.4, -0.2) is 32.3 Å². The summed E-state index contributed by atoms with van der Waals surface area (Å²) in [5.41, 5.74) is 0.485. The predicted octanol–water partition coefficient (Wildman–Crippen LogP) is 4.35. The van der Waals surface area contributed by atoms with Crippen molar-refractivity contribution in [2.75, 3.05) is 26.4 Å². The molecule has 0 spiro atoms. The van der Waals surface area contributed by atoms with Gasteiger partial charge in [0.1, 0.15) is 12.4 Å². The number of nitrogens with one attached hydrogen (secondary N) is 1. The van der Waals surface area contributed by atoms with E-state index in [2.05, 4.69) is 21.2 Å². The Bertz CT molecular complexity index is 728. The third kappa shape index (κ3) is 4.58. The molecule has 0 atom stereocenters. The van der Waals surface area contributed by atoms with Crippen LogP contribution in [0.3, 0.4) is 0 Å². The van der Waals surface area contributed by atoms with Gasteiger partial charge in [0.05, 0.1) is 12.0 Å². The average molecular weight is 439 g/mol. The van der Waals surface area contributed by atoms with Gasteiger partial charge in [-0.25, -0.2) is 0 Å². The van der Waals surface area contributed by atoms with Gasteiger partial charge in [0.2, 0.25) is 5.91 Å². The van der Waals surface area contributed by atoms with Crippen LogP contribution in [-0.2, 0) is 14.9 Å². The first-order valence-electron chi connectivity index (χ1n) is 8.61. The minimum atomic E-state index is -0.542. The number of carbonyl (C=O) groups is 1. The first kappa shape index (κ1) is 19.2. The van der Waals surface area contributed by atoms with Crippen LogP contribution in [0.2, 0.25) is 5.02 Å². The second-order valence-electron chi connectivity index (χ2n) is 6.26. The van der Waals surface area contributed by atoms with Crippen LogP contribution >= 0.6 is 27.5 Å². The lowest BCUT2D eigenvalue weighted by Gasteiger charge is -2.36. The molecule has 1 aliphatic heterocycles. The average Bonchev–Trinajstić information content (AvgIpc) is 2.67. The molecule has 6 heteroatoms. The molecule has 26 heavy (non-hydrogen) atoms. The molecule has 1 aliphatic rings. The highest BCUT2D eigenvalue weighted by atomic mass is 79.9. The SMILES string of the molecule is O=C(NCCOc1ccc(Cl)cc1)C1(c2ccc(Br)cc2)CCOCC1. The van der Waals surface area contributed by atoms with Crippen molar-refractivity contribution in [2.24, 2.45) is 0 Å². The molecule has 0 saturated carbocycles. The molecule has 0 unspecified atom stereocenters. The summed E-state index contributed by atoms with van der Waals surface area (Å²) in [4.78, 5) is 13.0. The molecule has 1 amide bonds.